The first-order valence-corrected chi connectivity index (χ1v) is 10.8. The summed E-state index contributed by atoms with van der Waals surface area (Å²) in [7, 11) is 0. The molecule has 1 heterocycles. The number of benzene rings is 3. The SMILES string of the molecule is CC(=O)Nc1ccc2c(c1C)N(C(C)=O)c1ccccc1Sc1ccccc1S2. The smallest absolute Gasteiger partial charge is 0.228 e. The predicted molar refractivity (Wildman–Crippen MR) is 119 cm³/mol. The van der Waals surface area contributed by atoms with Gasteiger partial charge in [-0.25, -0.2) is 0 Å². The highest BCUT2D eigenvalue weighted by atomic mass is 32.2. The summed E-state index contributed by atoms with van der Waals surface area (Å²) in [5, 5.41) is 2.89. The van der Waals surface area contributed by atoms with Gasteiger partial charge in [0.2, 0.25) is 11.8 Å². The number of rotatable bonds is 1. The van der Waals surface area contributed by atoms with Crippen LogP contribution in [0.4, 0.5) is 17.1 Å². The van der Waals surface area contributed by atoms with E-state index >= 15 is 0 Å². The number of hydrogen-bond acceptors (Lipinski definition) is 4. The fourth-order valence-corrected chi connectivity index (χ4v) is 5.63. The molecule has 1 aliphatic heterocycles. The Balaban J connectivity index is 2.04. The third-order valence-electron chi connectivity index (χ3n) is 4.64. The number of amides is 2. The Bertz CT molecular complexity index is 1130. The number of nitrogens with one attached hydrogen (secondary N) is 1. The maximum atomic E-state index is 12.9. The monoisotopic (exact) mass is 420 g/mol. The standard InChI is InChI=1S/C23H20N2O2S2/c1-14-17(24-15(2)26)12-13-22-23(14)25(16(3)27)18-8-4-5-9-19(18)28-20-10-6-7-11-21(20)29-22/h4-13H,1-3H3,(H,24,26). The highest BCUT2D eigenvalue weighted by Gasteiger charge is 2.26. The highest BCUT2D eigenvalue weighted by Crippen LogP contribution is 2.50. The van der Waals surface area contributed by atoms with E-state index in [1.165, 1.54) is 6.92 Å². The van der Waals surface area contributed by atoms with Crippen LogP contribution in [0.5, 0.6) is 0 Å². The van der Waals surface area contributed by atoms with Crippen LogP contribution in [0.15, 0.2) is 80.2 Å². The van der Waals surface area contributed by atoms with Gasteiger partial charge < -0.3 is 5.32 Å². The van der Waals surface area contributed by atoms with Crippen LogP contribution < -0.4 is 10.2 Å². The number of anilines is 3. The first kappa shape index (κ1) is 19.6. The molecule has 0 saturated carbocycles. The number of para-hydroxylation sites is 1. The van der Waals surface area contributed by atoms with E-state index in [1.54, 1.807) is 35.3 Å². The molecule has 0 spiro atoms. The summed E-state index contributed by atoms with van der Waals surface area (Å²) in [6.45, 7) is 5.01. The zero-order chi connectivity index (χ0) is 20.5. The lowest BCUT2D eigenvalue weighted by atomic mass is 10.1. The van der Waals surface area contributed by atoms with Crippen LogP contribution in [0.1, 0.15) is 19.4 Å². The molecule has 1 N–H and O–H groups in total. The highest BCUT2D eigenvalue weighted by molar-refractivity contribution is 8.02. The van der Waals surface area contributed by atoms with Crippen molar-refractivity contribution in [3.05, 3.63) is 66.2 Å². The van der Waals surface area contributed by atoms with Gasteiger partial charge in [0.1, 0.15) is 0 Å². The molecule has 1 aliphatic rings. The second kappa shape index (κ2) is 7.97. The van der Waals surface area contributed by atoms with Crippen LogP contribution in [0, 0.1) is 6.92 Å². The molecule has 0 aliphatic carbocycles. The molecule has 4 nitrogen and oxygen atoms in total. The van der Waals surface area contributed by atoms with E-state index in [9.17, 15) is 9.59 Å². The third-order valence-corrected chi connectivity index (χ3v) is 7.03. The average molecular weight is 421 g/mol. The van der Waals surface area contributed by atoms with Crippen molar-refractivity contribution < 1.29 is 9.59 Å². The summed E-state index contributed by atoms with van der Waals surface area (Å²) >= 11 is 3.29. The Morgan fingerprint density at radius 2 is 1.38 bits per heavy atom. The maximum absolute atomic E-state index is 12.9. The molecule has 0 bridgehead atoms. The average Bonchev–Trinajstić information content (AvgIpc) is 2.74. The summed E-state index contributed by atoms with van der Waals surface area (Å²) in [5.74, 6) is -0.214. The fraction of sp³-hybridized carbons (Fsp3) is 0.130. The van der Waals surface area contributed by atoms with Crippen molar-refractivity contribution in [2.24, 2.45) is 0 Å². The largest absolute Gasteiger partial charge is 0.326 e. The van der Waals surface area contributed by atoms with Crippen molar-refractivity contribution in [1.82, 2.24) is 0 Å². The first-order chi connectivity index (χ1) is 14.0. The Labute approximate surface area is 178 Å². The first-order valence-electron chi connectivity index (χ1n) is 9.21. The van der Waals surface area contributed by atoms with Gasteiger partial charge >= 0.3 is 0 Å². The third kappa shape index (κ3) is 3.78. The van der Waals surface area contributed by atoms with Crippen LogP contribution >= 0.6 is 23.5 Å². The molecule has 0 atom stereocenters. The van der Waals surface area contributed by atoms with Gasteiger partial charge in [-0.2, -0.15) is 0 Å². The molecule has 0 unspecified atom stereocenters. The number of hydrogen-bond donors (Lipinski definition) is 1. The predicted octanol–water partition coefficient (Wildman–Crippen LogP) is 6.25. The zero-order valence-electron chi connectivity index (χ0n) is 16.4. The minimum Gasteiger partial charge on any atom is -0.326 e. The number of nitrogens with zero attached hydrogens (tertiary/aromatic N) is 1. The summed E-state index contributed by atoms with van der Waals surface area (Å²) < 4.78 is 0. The molecule has 0 radical (unpaired) electrons. The van der Waals surface area contributed by atoms with Crippen molar-refractivity contribution in [3.8, 4) is 0 Å². The molecule has 0 aromatic heterocycles. The lowest BCUT2D eigenvalue weighted by Crippen LogP contribution is -2.25. The molecule has 6 heteroatoms. The van der Waals surface area contributed by atoms with Crippen molar-refractivity contribution >= 4 is 52.4 Å². The van der Waals surface area contributed by atoms with Crippen molar-refractivity contribution in [2.45, 2.75) is 40.4 Å². The Hall–Kier alpha value is -2.70. The van der Waals surface area contributed by atoms with E-state index in [0.717, 1.165) is 36.5 Å². The van der Waals surface area contributed by atoms with Gasteiger partial charge in [-0.15, -0.1) is 0 Å². The molecule has 0 fully saturated rings. The molecule has 29 heavy (non-hydrogen) atoms. The van der Waals surface area contributed by atoms with Crippen LogP contribution in [0.2, 0.25) is 0 Å². The lowest BCUT2D eigenvalue weighted by Gasteiger charge is -2.27. The molecule has 3 aromatic rings. The maximum Gasteiger partial charge on any atom is 0.228 e. The van der Waals surface area contributed by atoms with E-state index in [-0.39, 0.29) is 11.8 Å². The van der Waals surface area contributed by atoms with Gasteiger partial charge in [-0.1, -0.05) is 47.8 Å². The van der Waals surface area contributed by atoms with Crippen molar-refractivity contribution in [1.29, 1.82) is 0 Å². The van der Waals surface area contributed by atoms with Crippen molar-refractivity contribution in [2.75, 3.05) is 10.2 Å². The minimum absolute atomic E-state index is 0.0751. The normalized spacial score (nSPS) is 12.6. The topological polar surface area (TPSA) is 49.4 Å². The summed E-state index contributed by atoms with van der Waals surface area (Å²) in [6.07, 6.45) is 0. The summed E-state index contributed by atoms with van der Waals surface area (Å²) in [4.78, 5) is 30.6. The molecule has 146 valence electrons. The number of carbonyl (C=O) groups is 2. The second-order valence-corrected chi connectivity index (χ2v) is 8.91. The Morgan fingerprint density at radius 1 is 0.793 bits per heavy atom. The van der Waals surface area contributed by atoms with Gasteiger partial charge in [0.15, 0.2) is 0 Å². The molecule has 2 amide bonds. The van der Waals surface area contributed by atoms with Gasteiger partial charge in [0.05, 0.1) is 11.4 Å². The number of carbonyl (C=O) groups excluding carboxylic acids is 2. The summed E-state index contributed by atoms with van der Waals surface area (Å²) in [6, 6.07) is 20.1. The molecule has 0 saturated heterocycles. The minimum atomic E-state index is -0.139. The van der Waals surface area contributed by atoms with Crippen LogP contribution in [-0.2, 0) is 9.59 Å². The Kier molecular flexibility index (Phi) is 5.39. The lowest BCUT2D eigenvalue weighted by molar-refractivity contribution is -0.116. The van der Waals surface area contributed by atoms with Crippen LogP contribution in [-0.4, -0.2) is 11.8 Å². The molecular formula is C23H20N2O2S2. The van der Waals surface area contributed by atoms with Crippen molar-refractivity contribution in [3.63, 3.8) is 0 Å². The molecule has 3 aromatic carbocycles. The van der Waals surface area contributed by atoms with Gasteiger partial charge in [0, 0.05) is 39.1 Å². The second-order valence-electron chi connectivity index (χ2n) is 6.74. The van der Waals surface area contributed by atoms with E-state index < -0.39 is 0 Å². The quantitative estimate of drug-likeness (QED) is 0.505. The van der Waals surface area contributed by atoms with Crippen LogP contribution in [0.25, 0.3) is 0 Å². The van der Waals surface area contributed by atoms with E-state index in [2.05, 4.69) is 17.4 Å². The van der Waals surface area contributed by atoms with Gasteiger partial charge in [-0.05, 0) is 48.9 Å². The molecular weight excluding hydrogens is 400 g/mol. The van der Waals surface area contributed by atoms with Gasteiger partial charge in [0.25, 0.3) is 0 Å². The van der Waals surface area contributed by atoms with E-state index in [4.69, 9.17) is 0 Å². The zero-order valence-corrected chi connectivity index (χ0v) is 18.0. The van der Waals surface area contributed by atoms with Crippen LogP contribution in [0.3, 0.4) is 0 Å². The van der Waals surface area contributed by atoms with E-state index in [0.29, 0.717) is 5.69 Å². The van der Waals surface area contributed by atoms with E-state index in [1.807, 2.05) is 55.5 Å². The number of fused-ring (bicyclic) bond motifs is 3. The Morgan fingerprint density at radius 3 is 2.00 bits per heavy atom. The fourth-order valence-electron chi connectivity index (χ4n) is 3.39. The summed E-state index contributed by atoms with van der Waals surface area (Å²) in [5.41, 5.74) is 3.21. The van der Waals surface area contributed by atoms with Gasteiger partial charge in [-0.3, -0.25) is 14.5 Å². The molecule has 4 rings (SSSR count).